The lowest BCUT2D eigenvalue weighted by molar-refractivity contribution is 0.512. The van der Waals surface area contributed by atoms with Crippen molar-refractivity contribution in [2.75, 3.05) is 13.1 Å². The highest BCUT2D eigenvalue weighted by Crippen LogP contribution is 2.48. The number of rotatable bonds is 5. The van der Waals surface area contributed by atoms with E-state index < -0.39 is 6.19 Å². The summed E-state index contributed by atoms with van der Waals surface area (Å²) in [6.45, 7) is 8.32. The first-order valence-corrected chi connectivity index (χ1v) is 10.7. The van der Waals surface area contributed by atoms with Gasteiger partial charge in [0.15, 0.2) is 0 Å². The molecule has 2 aromatic heterocycles. The first kappa shape index (κ1) is 16.4. The molecule has 3 aromatic rings. The van der Waals surface area contributed by atoms with Gasteiger partial charge in [0, 0.05) is 24.6 Å². The maximum absolute atomic E-state index is 6.40. The molecule has 0 radical (unpaired) electrons. The second-order valence-corrected chi connectivity index (χ2v) is 9.74. The van der Waals surface area contributed by atoms with Crippen LogP contribution in [0, 0.1) is 6.92 Å². The van der Waals surface area contributed by atoms with Crippen LogP contribution in [-0.2, 0) is 11.8 Å². The smallest absolute Gasteiger partial charge is 0.137 e. The van der Waals surface area contributed by atoms with Crippen molar-refractivity contribution in [1.82, 2.24) is 14.1 Å². The third-order valence-electron chi connectivity index (χ3n) is 4.19. The van der Waals surface area contributed by atoms with Crippen LogP contribution in [0.3, 0.4) is 0 Å². The van der Waals surface area contributed by atoms with Crippen LogP contribution in [0.15, 0.2) is 54.7 Å². The molecule has 5 heteroatoms. The van der Waals surface area contributed by atoms with E-state index >= 15 is 0 Å². The van der Waals surface area contributed by atoms with Crippen molar-refractivity contribution in [2.45, 2.75) is 20.8 Å². The van der Waals surface area contributed by atoms with Crippen LogP contribution in [0.25, 0.3) is 5.65 Å². The Bertz CT molecular complexity index is 853. The van der Waals surface area contributed by atoms with Crippen LogP contribution in [-0.4, -0.2) is 27.1 Å². The Morgan fingerprint density at radius 2 is 1.70 bits per heavy atom. The molecule has 0 bridgehead atoms. The van der Waals surface area contributed by atoms with Gasteiger partial charge in [-0.05, 0) is 19.1 Å². The molecule has 2 heterocycles. The molecule has 120 valence electrons. The van der Waals surface area contributed by atoms with Gasteiger partial charge >= 0.3 is 0 Å². The minimum absolute atomic E-state index is 0.933. The predicted octanol–water partition coefficient (Wildman–Crippen LogP) is 3.33. The van der Waals surface area contributed by atoms with Crippen molar-refractivity contribution in [3.05, 3.63) is 60.4 Å². The normalized spacial score (nSPS) is 14.3. The van der Waals surface area contributed by atoms with Gasteiger partial charge in [0.2, 0.25) is 0 Å². The van der Waals surface area contributed by atoms with Gasteiger partial charge in [-0.15, -0.1) is 0 Å². The molecule has 0 spiro atoms. The number of pyridine rings is 1. The highest BCUT2D eigenvalue weighted by atomic mass is 32.4. The standard InChI is InChI=1S/C18H22N3PS/c1-4-20(5-2)22(23,16-11-7-6-8-12-16)18-15(3)19-17-13-9-10-14-21(17)18/h6-14H,4-5H2,1-3H3. The molecule has 0 N–H and O–H groups in total. The zero-order chi connectivity index (χ0) is 16.4. The Morgan fingerprint density at radius 3 is 2.35 bits per heavy atom. The van der Waals surface area contributed by atoms with Crippen molar-refractivity contribution in [3.63, 3.8) is 0 Å². The lowest BCUT2D eigenvalue weighted by Gasteiger charge is -2.34. The molecular weight excluding hydrogens is 321 g/mol. The van der Waals surface area contributed by atoms with E-state index in [1.54, 1.807) is 0 Å². The molecule has 3 nitrogen and oxygen atoms in total. The zero-order valence-corrected chi connectivity index (χ0v) is 15.5. The summed E-state index contributed by atoms with van der Waals surface area (Å²) in [5.74, 6) is 0. The van der Waals surface area contributed by atoms with Gasteiger partial charge in [-0.25, -0.2) is 4.98 Å². The second kappa shape index (κ2) is 6.56. The first-order chi connectivity index (χ1) is 11.1. The minimum atomic E-state index is -2.10. The van der Waals surface area contributed by atoms with Crippen LogP contribution in [0.1, 0.15) is 19.5 Å². The number of benzene rings is 1. The first-order valence-electron chi connectivity index (χ1n) is 7.98. The number of aryl methyl sites for hydroxylation is 1. The monoisotopic (exact) mass is 343 g/mol. The molecular formula is C18H22N3PS. The molecule has 0 fully saturated rings. The maximum atomic E-state index is 6.40. The number of aromatic nitrogens is 2. The molecule has 3 rings (SSSR count). The fraction of sp³-hybridized carbons (Fsp3) is 0.278. The van der Waals surface area contributed by atoms with E-state index in [1.807, 2.05) is 24.3 Å². The number of hydrogen-bond donors (Lipinski definition) is 0. The maximum Gasteiger partial charge on any atom is 0.137 e. The Morgan fingerprint density at radius 1 is 1.04 bits per heavy atom. The number of imidazole rings is 1. The summed E-state index contributed by atoms with van der Waals surface area (Å²) in [6.07, 6.45) is -0.0209. The number of fused-ring (bicyclic) bond motifs is 1. The Kier molecular flexibility index (Phi) is 4.67. The van der Waals surface area contributed by atoms with Crippen LogP contribution in [0.4, 0.5) is 0 Å². The molecule has 23 heavy (non-hydrogen) atoms. The van der Waals surface area contributed by atoms with Crippen molar-refractivity contribution in [2.24, 2.45) is 0 Å². The number of nitrogens with zero attached hydrogens (tertiary/aromatic N) is 3. The van der Waals surface area contributed by atoms with Gasteiger partial charge in [-0.3, -0.25) is 9.07 Å². The van der Waals surface area contributed by atoms with E-state index in [0.717, 1.165) is 24.4 Å². The largest absolute Gasteiger partial charge is 0.297 e. The summed E-state index contributed by atoms with van der Waals surface area (Å²) >= 11 is 6.40. The van der Waals surface area contributed by atoms with Gasteiger partial charge in [-0.2, -0.15) is 0 Å². The predicted molar refractivity (Wildman–Crippen MR) is 103 cm³/mol. The highest BCUT2D eigenvalue weighted by molar-refractivity contribution is 8.20. The minimum Gasteiger partial charge on any atom is -0.297 e. The molecule has 1 aromatic carbocycles. The van der Waals surface area contributed by atoms with E-state index in [-0.39, 0.29) is 0 Å². The second-order valence-electron chi connectivity index (χ2n) is 5.50. The van der Waals surface area contributed by atoms with E-state index in [4.69, 9.17) is 16.8 Å². The quantitative estimate of drug-likeness (QED) is 0.663. The molecule has 0 amide bonds. The zero-order valence-electron chi connectivity index (χ0n) is 13.8. The summed E-state index contributed by atoms with van der Waals surface area (Å²) in [6, 6.07) is 16.7. The molecule has 0 saturated heterocycles. The van der Waals surface area contributed by atoms with Gasteiger partial charge in [0.25, 0.3) is 0 Å². The summed E-state index contributed by atoms with van der Waals surface area (Å²) in [5, 5.41) is 1.23. The van der Waals surface area contributed by atoms with E-state index in [9.17, 15) is 0 Å². The third-order valence-corrected chi connectivity index (χ3v) is 9.51. The third kappa shape index (κ3) is 2.65. The van der Waals surface area contributed by atoms with Crippen molar-refractivity contribution < 1.29 is 0 Å². The molecule has 0 saturated carbocycles. The average molecular weight is 343 g/mol. The van der Waals surface area contributed by atoms with Crippen LogP contribution in [0.2, 0.25) is 0 Å². The number of hydrogen-bond acceptors (Lipinski definition) is 2. The van der Waals surface area contributed by atoms with Gasteiger partial charge in [-0.1, -0.05) is 62.1 Å². The fourth-order valence-electron chi connectivity index (χ4n) is 3.14. The summed E-state index contributed by atoms with van der Waals surface area (Å²) < 4.78 is 4.61. The topological polar surface area (TPSA) is 20.5 Å². The molecule has 0 aliphatic rings. The summed E-state index contributed by atoms with van der Waals surface area (Å²) in [7, 11) is 0. The van der Waals surface area contributed by atoms with Crippen molar-refractivity contribution in [1.29, 1.82) is 0 Å². The molecule has 0 aliphatic heterocycles. The van der Waals surface area contributed by atoms with Crippen molar-refractivity contribution >= 4 is 34.4 Å². The average Bonchev–Trinajstić information content (AvgIpc) is 2.92. The fourth-order valence-corrected chi connectivity index (χ4v) is 8.02. The molecule has 0 aliphatic carbocycles. The lowest BCUT2D eigenvalue weighted by atomic mass is 10.4. The van der Waals surface area contributed by atoms with E-state index in [1.165, 1.54) is 10.7 Å². The summed E-state index contributed by atoms with van der Waals surface area (Å²) in [4.78, 5) is 4.75. The van der Waals surface area contributed by atoms with Crippen LogP contribution >= 0.6 is 6.19 Å². The van der Waals surface area contributed by atoms with Crippen LogP contribution in [0.5, 0.6) is 0 Å². The molecule has 1 atom stereocenters. The van der Waals surface area contributed by atoms with E-state index in [2.05, 4.69) is 60.3 Å². The van der Waals surface area contributed by atoms with Gasteiger partial charge in [0.1, 0.15) is 5.65 Å². The summed E-state index contributed by atoms with van der Waals surface area (Å²) in [5.41, 5.74) is 3.19. The highest BCUT2D eigenvalue weighted by Gasteiger charge is 2.32. The Hall–Kier alpha value is -1.48. The van der Waals surface area contributed by atoms with Crippen molar-refractivity contribution in [3.8, 4) is 0 Å². The van der Waals surface area contributed by atoms with Gasteiger partial charge < -0.3 is 0 Å². The van der Waals surface area contributed by atoms with Crippen LogP contribution < -0.4 is 10.7 Å². The lowest BCUT2D eigenvalue weighted by Crippen LogP contribution is -2.34. The molecule has 1 unspecified atom stereocenters. The Balaban J connectivity index is 2.36. The Labute approximate surface area is 143 Å². The SMILES string of the molecule is CCN(CC)P(=S)(c1ccccc1)c1c(C)nc2ccccn12. The van der Waals surface area contributed by atoms with E-state index in [0.29, 0.717) is 0 Å². The van der Waals surface area contributed by atoms with Gasteiger partial charge in [0.05, 0.1) is 17.3 Å².